The summed E-state index contributed by atoms with van der Waals surface area (Å²) in [5.74, 6) is 0.879. The SMILES string of the molecule is COc1ccc(Br)cc1CC(N)CC(C)(C)OC. The summed E-state index contributed by atoms with van der Waals surface area (Å²) in [4.78, 5) is 0. The molecule has 1 unspecified atom stereocenters. The number of hydrogen-bond acceptors (Lipinski definition) is 3. The van der Waals surface area contributed by atoms with Crippen LogP contribution in [0.25, 0.3) is 0 Å². The molecule has 1 aromatic carbocycles. The van der Waals surface area contributed by atoms with E-state index in [4.69, 9.17) is 15.2 Å². The fourth-order valence-corrected chi connectivity index (χ4v) is 2.38. The summed E-state index contributed by atoms with van der Waals surface area (Å²) in [5.41, 5.74) is 7.11. The number of nitrogens with two attached hydrogens (primary N) is 1. The first-order valence-electron chi connectivity index (χ1n) is 6.01. The molecule has 4 heteroatoms. The van der Waals surface area contributed by atoms with Gasteiger partial charge in [-0.15, -0.1) is 0 Å². The molecule has 1 atom stereocenters. The van der Waals surface area contributed by atoms with Gasteiger partial charge in [0.05, 0.1) is 12.7 Å². The maximum atomic E-state index is 6.19. The minimum absolute atomic E-state index is 0.0446. The van der Waals surface area contributed by atoms with Crippen LogP contribution in [0.15, 0.2) is 22.7 Å². The second-order valence-corrected chi connectivity index (χ2v) is 6.00. The van der Waals surface area contributed by atoms with Crippen LogP contribution in [0.5, 0.6) is 5.75 Å². The van der Waals surface area contributed by atoms with Crippen LogP contribution in [0.1, 0.15) is 25.8 Å². The summed E-state index contributed by atoms with van der Waals surface area (Å²) in [6.45, 7) is 4.09. The van der Waals surface area contributed by atoms with Crippen molar-refractivity contribution in [3.63, 3.8) is 0 Å². The predicted octanol–water partition coefficient (Wildman–Crippen LogP) is 3.14. The molecular formula is C14H22BrNO2. The van der Waals surface area contributed by atoms with Crippen LogP contribution in [0.2, 0.25) is 0 Å². The third-order valence-corrected chi connectivity index (χ3v) is 3.52. The van der Waals surface area contributed by atoms with Crippen molar-refractivity contribution in [2.75, 3.05) is 14.2 Å². The molecule has 0 aliphatic rings. The Kier molecular flexibility index (Phi) is 5.63. The predicted molar refractivity (Wildman–Crippen MR) is 78.1 cm³/mol. The van der Waals surface area contributed by atoms with Crippen LogP contribution in [0.3, 0.4) is 0 Å². The van der Waals surface area contributed by atoms with E-state index in [0.717, 1.165) is 28.6 Å². The molecular weight excluding hydrogens is 294 g/mol. The van der Waals surface area contributed by atoms with E-state index in [0.29, 0.717) is 0 Å². The number of ether oxygens (including phenoxy) is 2. The van der Waals surface area contributed by atoms with E-state index >= 15 is 0 Å². The lowest BCUT2D eigenvalue weighted by atomic mass is 9.94. The third-order valence-electron chi connectivity index (χ3n) is 3.03. The van der Waals surface area contributed by atoms with E-state index in [1.54, 1.807) is 14.2 Å². The van der Waals surface area contributed by atoms with E-state index in [1.165, 1.54) is 0 Å². The van der Waals surface area contributed by atoms with Crippen molar-refractivity contribution in [3.05, 3.63) is 28.2 Å². The maximum Gasteiger partial charge on any atom is 0.122 e. The quantitative estimate of drug-likeness (QED) is 0.877. The molecule has 0 bridgehead atoms. The molecule has 0 aromatic heterocycles. The van der Waals surface area contributed by atoms with Gasteiger partial charge in [0.25, 0.3) is 0 Å². The highest BCUT2D eigenvalue weighted by atomic mass is 79.9. The van der Waals surface area contributed by atoms with Gasteiger partial charge in [-0.25, -0.2) is 0 Å². The number of methoxy groups -OCH3 is 2. The Balaban J connectivity index is 2.75. The fourth-order valence-electron chi connectivity index (χ4n) is 1.98. The standard InChI is InChI=1S/C14H22BrNO2/c1-14(2,18-4)9-12(16)8-10-7-11(15)5-6-13(10)17-3/h5-7,12H,8-9,16H2,1-4H3. The molecule has 0 amide bonds. The van der Waals surface area contributed by atoms with Crippen LogP contribution < -0.4 is 10.5 Å². The van der Waals surface area contributed by atoms with Crippen molar-refractivity contribution in [2.24, 2.45) is 5.73 Å². The lowest BCUT2D eigenvalue weighted by molar-refractivity contribution is 0.0102. The molecule has 2 N–H and O–H groups in total. The zero-order valence-electron chi connectivity index (χ0n) is 11.5. The molecule has 0 radical (unpaired) electrons. The molecule has 18 heavy (non-hydrogen) atoms. The first-order chi connectivity index (χ1) is 8.38. The summed E-state index contributed by atoms with van der Waals surface area (Å²) < 4.78 is 11.8. The molecule has 3 nitrogen and oxygen atoms in total. The molecule has 1 aromatic rings. The normalized spacial score (nSPS) is 13.4. The molecule has 0 aliphatic heterocycles. The van der Waals surface area contributed by atoms with E-state index < -0.39 is 0 Å². The van der Waals surface area contributed by atoms with Gasteiger partial charge in [0, 0.05) is 17.6 Å². The Morgan fingerprint density at radius 2 is 2.00 bits per heavy atom. The number of hydrogen-bond donors (Lipinski definition) is 1. The number of rotatable bonds is 6. The molecule has 1 rings (SSSR count). The van der Waals surface area contributed by atoms with Gasteiger partial charge in [-0.2, -0.15) is 0 Å². The minimum Gasteiger partial charge on any atom is -0.496 e. The van der Waals surface area contributed by atoms with Gasteiger partial charge in [-0.3, -0.25) is 0 Å². The van der Waals surface area contributed by atoms with Crippen molar-refractivity contribution in [2.45, 2.75) is 38.3 Å². The number of benzene rings is 1. The Morgan fingerprint density at radius 3 is 2.56 bits per heavy atom. The molecule has 102 valence electrons. The highest BCUT2D eigenvalue weighted by Crippen LogP contribution is 2.25. The van der Waals surface area contributed by atoms with Gasteiger partial charge >= 0.3 is 0 Å². The molecule has 0 heterocycles. The van der Waals surface area contributed by atoms with E-state index in [-0.39, 0.29) is 11.6 Å². The molecule has 0 spiro atoms. The first kappa shape index (κ1) is 15.5. The molecule has 0 saturated heterocycles. The maximum absolute atomic E-state index is 6.19. The second-order valence-electron chi connectivity index (χ2n) is 5.09. The van der Waals surface area contributed by atoms with Crippen molar-refractivity contribution in [1.29, 1.82) is 0 Å². The van der Waals surface area contributed by atoms with Crippen molar-refractivity contribution < 1.29 is 9.47 Å². The smallest absolute Gasteiger partial charge is 0.122 e. The highest BCUT2D eigenvalue weighted by molar-refractivity contribution is 9.10. The first-order valence-corrected chi connectivity index (χ1v) is 6.80. The van der Waals surface area contributed by atoms with Gasteiger partial charge in [-0.1, -0.05) is 15.9 Å². The minimum atomic E-state index is -0.196. The Morgan fingerprint density at radius 1 is 1.33 bits per heavy atom. The van der Waals surface area contributed by atoms with Gasteiger partial charge in [-0.05, 0) is 50.5 Å². The monoisotopic (exact) mass is 315 g/mol. The van der Waals surface area contributed by atoms with Gasteiger partial charge < -0.3 is 15.2 Å². The largest absolute Gasteiger partial charge is 0.496 e. The van der Waals surface area contributed by atoms with Crippen LogP contribution in [-0.2, 0) is 11.2 Å². The average molecular weight is 316 g/mol. The molecule has 0 fully saturated rings. The summed E-state index contributed by atoms with van der Waals surface area (Å²) in [6.07, 6.45) is 1.58. The topological polar surface area (TPSA) is 44.5 Å². The van der Waals surface area contributed by atoms with Gasteiger partial charge in [0.2, 0.25) is 0 Å². The average Bonchev–Trinajstić information content (AvgIpc) is 2.28. The van der Waals surface area contributed by atoms with Crippen molar-refractivity contribution >= 4 is 15.9 Å². The summed E-state index contributed by atoms with van der Waals surface area (Å²) >= 11 is 3.47. The van der Waals surface area contributed by atoms with Gasteiger partial charge in [0.15, 0.2) is 0 Å². The van der Waals surface area contributed by atoms with Crippen LogP contribution >= 0.6 is 15.9 Å². The zero-order valence-corrected chi connectivity index (χ0v) is 13.1. The third kappa shape index (κ3) is 4.59. The van der Waals surface area contributed by atoms with E-state index in [1.807, 2.05) is 26.0 Å². The van der Waals surface area contributed by atoms with Crippen molar-refractivity contribution in [3.8, 4) is 5.75 Å². The molecule has 0 saturated carbocycles. The van der Waals surface area contributed by atoms with Crippen LogP contribution in [0, 0.1) is 0 Å². The lowest BCUT2D eigenvalue weighted by Gasteiger charge is -2.26. The van der Waals surface area contributed by atoms with E-state index in [9.17, 15) is 0 Å². The molecule has 0 aliphatic carbocycles. The summed E-state index contributed by atoms with van der Waals surface area (Å²) in [6, 6.07) is 6.02. The van der Waals surface area contributed by atoms with Crippen molar-refractivity contribution in [1.82, 2.24) is 0 Å². The highest BCUT2D eigenvalue weighted by Gasteiger charge is 2.21. The summed E-state index contributed by atoms with van der Waals surface area (Å²) in [7, 11) is 3.39. The van der Waals surface area contributed by atoms with E-state index in [2.05, 4.69) is 22.0 Å². The Bertz CT molecular complexity index is 393. The summed E-state index contributed by atoms with van der Waals surface area (Å²) in [5, 5.41) is 0. The lowest BCUT2D eigenvalue weighted by Crippen LogP contribution is -2.35. The Labute approximate surface area is 118 Å². The fraction of sp³-hybridized carbons (Fsp3) is 0.571. The van der Waals surface area contributed by atoms with Crippen LogP contribution in [-0.4, -0.2) is 25.9 Å². The van der Waals surface area contributed by atoms with Gasteiger partial charge in [0.1, 0.15) is 5.75 Å². The second kappa shape index (κ2) is 6.55. The zero-order chi connectivity index (χ0) is 13.8. The van der Waals surface area contributed by atoms with Crippen LogP contribution in [0.4, 0.5) is 0 Å². The number of halogens is 1. The Hall–Kier alpha value is -0.580.